The van der Waals surface area contributed by atoms with Crippen LogP contribution in [0, 0.1) is 5.92 Å². The Kier molecular flexibility index (Phi) is 7.91. The number of hydrogen-bond donors (Lipinski definition) is 1. The van der Waals surface area contributed by atoms with Gasteiger partial charge in [0.05, 0.1) is 17.3 Å². The Bertz CT molecular complexity index is 644. The first kappa shape index (κ1) is 20.2. The summed E-state index contributed by atoms with van der Waals surface area (Å²) in [6.07, 6.45) is 5.99. The van der Waals surface area contributed by atoms with E-state index in [9.17, 15) is 14.4 Å². The molecule has 1 fully saturated rings. The fourth-order valence-electron chi connectivity index (χ4n) is 2.99. The monoisotopic (exact) mass is 380 g/mol. The molecule has 0 aromatic heterocycles. The predicted molar refractivity (Wildman–Crippen MR) is 99.9 cm³/mol. The number of amides is 2. The van der Waals surface area contributed by atoms with E-state index in [1.54, 1.807) is 24.3 Å². The average Bonchev–Trinajstić information content (AvgIpc) is 2.62. The van der Waals surface area contributed by atoms with Crippen molar-refractivity contribution >= 4 is 35.1 Å². The third-order valence-corrected chi connectivity index (χ3v) is 4.82. The number of benzene rings is 1. The molecule has 0 saturated heterocycles. The first-order valence-corrected chi connectivity index (χ1v) is 9.27. The third kappa shape index (κ3) is 6.67. The molecule has 1 N–H and O–H groups in total. The number of hydrogen-bond acceptors (Lipinski definition) is 4. The van der Waals surface area contributed by atoms with Gasteiger partial charge in [-0.2, -0.15) is 0 Å². The molecule has 0 bridgehead atoms. The largest absolute Gasteiger partial charge is 0.456 e. The Labute approximate surface area is 158 Å². The number of halogens is 1. The molecule has 1 aliphatic carbocycles. The molecule has 1 saturated carbocycles. The molecule has 0 atom stereocenters. The van der Waals surface area contributed by atoms with E-state index in [1.165, 1.54) is 18.4 Å². The highest BCUT2D eigenvalue weighted by atomic mass is 35.5. The second kappa shape index (κ2) is 10.2. The van der Waals surface area contributed by atoms with Crippen LogP contribution in [0.1, 0.15) is 38.5 Å². The van der Waals surface area contributed by atoms with E-state index < -0.39 is 5.91 Å². The van der Waals surface area contributed by atoms with Crippen LogP contribution in [0.5, 0.6) is 0 Å². The first-order chi connectivity index (χ1) is 12.5. The Balaban J connectivity index is 1.70. The molecule has 1 aliphatic rings. The van der Waals surface area contributed by atoms with E-state index in [1.807, 2.05) is 0 Å². The van der Waals surface area contributed by atoms with Gasteiger partial charge in [-0.05, 0) is 30.9 Å². The number of carbonyl (C=O) groups excluding carboxylic acids is 3. The van der Waals surface area contributed by atoms with Gasteiger partial charge in [0.15, 0.2) is 6.61 Å². The Hall–Kier alpha value is -2.08. The van der Waals surface area contributed by atoms with Gasteiger partial charge in [-0.25, -0.2) is 0 Å². The van der Waals surface area contributed by atoms with Crippen molar-refractivity contribution in [3.8, 4) is 0 Å². The lowest BCUT2D eigenvalue weighted by Gasteiger charge is -2.21. The molecule has 1 aromatic rings. The van der Waals surface area contributed by atoms with E-state index in [2.05, 4.69) is 5.32 Å². The molecule has 0 spiro atoms. The smallest absolute Gasteiger partial charge is 0.306 e. The number of para-hydroxylation sites is 1. The Morgan fingerprint density at radius 3 is 2.58 bits per heavy atom. The number of ether oxygens (including phenoxy) is 1. The molecule has 26 heavy (non-hydrogen) atoms. The average molecular weight is 381 g/mol. The maximum Gasteiger partial charge on any atom is 0.306 e. The van der Waals surface area contributed by atoms with Crippen LogP contribution in [0.4, 0.5) is 5.69 Å². The van der Waals surface area contributed by atoms with Gasteiger partial charge in [0.1, 0.15) is 0 Å². The summed E-state index contributed by atoms with van der Waals surface area (Å²) < 4.78 is 5.06. The van der Waals surface area contributed by atoms with Crippen molar-refractivity contribution in [2.24, 2.45) is 5.92 Å². The molecule has 1 aromatic carbocycles. The Morgan fingerprint density at radius 1 is 1.19 bits per heavy atom. The van der Waals surface area contributed by atoms with E-state index in [0.717, 1.165) is 25.7 Å². The zero-order valence-electron chi connectivity index (χ0n) is 15.0. The Morgan fingerprint density at radius 2 is 1.88 bits per heavy atom. The van der Waals surface area contributed by atoms with Gasteiger partial charge in [0, 0.05) is 13.5 Å². The van der Waals surface area contributed by atoms with Crippen molar-refractivity contribution in [1.82, 2.24) is 4.90 Å². The second-order valence-electron chi connectivity index (χ2n) is 6.65. The number of nitrogens with one attached hydrogen (secondary N) is 1. The maximum absolute atomic E-state index is 12.0. The normalized spacial score (nSPS) is 14.5. The van der Waals surface area contributed by atoms with Crippen LogP contribution in [0.3, 0.4) is 0 Å². The van der Waals surface area contributed by atoms with Crippen LogP contribution in [0.25, 0.3) is 0 Å². The fraction of sp³-hybridized carbons (Fsp3) is 0.526. The highest BCUT2D eigenvalue weighted by molar-refractivity contribution is 6.33. The molecule has 6 nitrogen and oxygen atoms in total. The molecule has 2 rings (SSSR count). The summed E-state index contributed by atoms with van der Waals surface area (Å²) in [5.74, 6) is -0.775. The number of rotatable bonds is 7. The van der Waals surface area contributed by atoms with Crippen LogP contribution in [0.2, 0.25) is 5.02 Å². The maximum atomic E-state index is 12.0. The summed E-state index contributed by atoms with van der Waals surface area (Å²) in [6, 6.07) is 6.85. The second-order valence-corrected chi connectivity index (χ2v) is 7.05. The number of anilines is 1. The summed E-state index contributed by atoms with van der Waals surface area (Å²) in [4.78, 5) is 37.1. The van der Waals surface area contributed by atoms with Crippen LogP contribution >= 0.6 is 11.6 Å². The zero-order chi connectivity index (χ0) is 18.9. The van der Waals surface area contributed by atoms with E-state index >= 15 is 0 Å². The standard InChI is InChI=1S/C19H25ClN2O4/c1-22(12-17(23)21-16-10-6-5-9-15(16)20)18(24)13-26-19(25)11-14-7-3-2-4-8-14/h5-6,9-10,14H,2-4,7-8,11-13H2,1H3,(H,21,23). The lowest BCUT2D eigenvalue weighted by molar-refractivity contribution is -0.152. The lowest BCUT2D eigenvalue weighted by Crippen LogP contribution is -2.37. The van der Waals surface area contributed by atoms with Crippen LogP contribution in [-0.4, -0.2) is 42.9 Å². The van der Waals surface area contributed by atoms with Crippen LogP contribution in [0.15, 0.2) is 24.3 Å². The molecule has 2 amide bonds. The van der Waals surface area contributed by atoms with Crippen LogP contribution < -0.4 is 5.32 Å². The lowest BCUT2D eigenvalue weighted by atomic mass is 9.87. The quantitative estimate of drug-likeness (QED) is 0.737. The first-order valence-electron chi connectivity index (χ1n) is 8.89. The molecule has 0 radical (unpaired) electrons. The zero-order valence-corrected chi connectivity index (χ0v) is 15.8. The summed E-state index contributed by atoms with van der Waals surface area (Å²) in [5, 5.41) is 3.07. The van der Waals surface area contributed by atoms with Gasteiger partial charge >= 0.3 is 5.97 Å². The molecule has 0 heterocycles. The van der Waals surface area contributed by atoms with Gasteiger partial charge in [-0.1, -0.05) is 43.0 Å². The molecular formula is C19H25ClN2O4. The van der Waals surface area contributed by atoms with Gasteiger partial charge < -0.3 is 15.0 Å². The SMILES string of the molecule is CN(CC(=O)Nc1ccccc1Cl)C(=O)COC(=O)CC1CCCCC1. The number of esters is 1. The van der Waals surface area contributed by atoms with Crippen molar-refractivity contribution < 1.29 is 19.1 Å². The highest BCUT2D eigenvalue weighted by Gasteiger charge is 2.20. The van der Waals surface area contributed by atoms with Crippen molar-refractivity contribution in [2.45, 2.75) is 38.5 Å². The molecule has 142 valence electrons. The highest BCUT2D eigenvalue weighted by Crippen LogP contribution is 2.26. The molecule has 0 aliphatic heterocycles. The van der Waals surface area contributed by atoms with E-state index in [4.69, 9.17) is 16.3 Å². The minimum Gasteiger partial charge on any atom is -0.456 e. The van der Waals surface area contributed by atoms with Gasteiger partial charge in [0.25, 0.3) is 5.91 Å². The minimum absolute atomic E-state index is 0.149. The summed E-state index contributed by atoms with van der Waals surface area (Å²) in [5.41, 5.74) is 0.485. The van der Waals surface area contributed by atoms with E-state index in [0.29, 0.717) is 23.0 Å². The number of likely N-dealkylation sites (N-methyl/N-ethyl adjacent to an activating group) is 1. The number of carbonyl (C=O) groups is 3. The molecule has 7 heteroatoms. The van der Waals surface area contributed by atoms with Gasteiger partial charge in [-0.3, -0.25) is 14.4 Å². The van der Waals surface area contributed by atoms with Gasteiger partial charge in [-0.15, -0.1) is 0 Å². The summed E-state index contributed by atoms with van der Waals surface area (Å²) in [7, 11) is 1.49. The van der Waals surface area contributed by atoms with Crippen molar-refractivity contribution in [2.75, 3.05) is 25.5 Å². The number of nitrogens with zero attached hydrogens (tertiary/aromatic N) is 1. The minimum atomic E-state index is -0.420. The van der Waals surface area contributed by atoms with Gasteiger partial charge in [0.2, 0.25) is 5.91 Å². The predicted octanol–water partition coefficient (Wildman–Crippen LogP) is 3.25. The van der Waals surface area contributed by atoms with E-state index in [-0.39, 0.29) is 25.0 Å². The van der Waals surface area contributed by atoms with Crippen molar-refractivity contribution in [3.05, 3.63) is 29.3 Å². The topological polar surface area (TPSA) is 75.7 Å². The third-order valence-electron chi connectivity index (χ3n) is 4.49. The summed E-state index contributed by atoms with van der Waals surface area (Å²) >= 11 is 5.98. The molecule has 0 unspecified atom stereocenters. The summed E-state index contributed by atoms with van der Waals surface area (Å²) in [6.45, 7) is -0.494. The fourth-order valence-corrected chi connectivity index (χ4v) is 3.18. The molecular weight excluding hydrogens is 356 g/mol. The van der Waals surface area contributed by atoms with Crippen molar-refractivity contribution in [1.29, 1.82) is 0 Å². The van der Waals surface area contributed by atoms with Crippen molar-refractivity contribution in [3.63, 3.8) is 0 Å². The van der Waals surface area contributed by atoms with Crippen LogP contribution in [-0.2, 0) is 19.1 Å².